The topological polar surface area (TPSA) is 44.1 Å². The molecular formula is C15H18N2O2. The molecule has 0 atom stereocenters. The first-order chi connectivity index (χ1) is 9.06. The molecule has 0 aliphatic heterocycles. The maximum absolute atomic E-state index is 11.5. The fourth-order valence-electron chi connectivity index (χ4n) is 1.92. The van der Waals surface area contributed by atoms with Crippen molar-refractivity contribution in [3.8, 4) is 5.75 Å². The second kappa shape index (κ2) is 5.69. The highest BCUT2D eigenvalue weighted by molar-refractivity contribution is 5.96. The number of aromatic nitrogens is 2. The fourth-order valence-corrected chi connectivity index (χ4v) is 1.92. The normalized spacial score (nSPS) is 10.5. The van der Waals surface area contributed by atoms with E-state index in [1.54, 1.807) is 11.6 Å². The lowest BCUT2D eigenvalue weighted by atomic mass is 10.1. The van der Waals surface area contributed by atoms with E-state index < -0.39 is 0 Å². The lowest BCUT2D eigenvalue weighted by Gasteiger charge is -2.10. The molecule has 2 aromatic rings. The third-order valence-electron chi connectivity index (χ3n) is 2.92. The van der Waals surface area contributed by atoms with Crippen LogP contribution in [0.15, 0.2) is 30.6 Å². The lowest BCUT2D eigenvalue weighted by molar-refractivity contribution is 0.101. The predicted octanol–water partition coefficient (Wildman–Crippen LogP) is 2.55. The molecule has 1 aromatic heterocycles. The van der Waals surface area contributed by atoms with Gasteiger partial charge in [-0.2, -0.15) is 5.10 Å². The van der Waals surface area contributed by atoms with Gasteiger partial charge in [0.25, 0.3) is 0 Å². The zero-order valence-corrected chi connectivity index (χ0v) is 11.5. The van der Waals surface area contributed by atoms with Crippen LogP contribution in [-0.2, 0) is 13.5 Å². The van der Waals surface area contributed by atoms with Gasteiger partial charge < -0.3 is 4.74 Å². The van der Waals surface area contributed by atoms with Crippen LogP contribution in [-0.4, -0.2) is 22.2 Å². The van der Waals surface area contributed by atoms with Gasteiger partial charge in [0.1, 0.15) is 5.75 Å². The van der Waals surface area contributed by atoms with Gasteiger partial charge >= 0.3 is 0 Å². The van der Waals surface area contributed by atoms with Crippen molar-refractivity contribution in [3.63, 3.8) is 0 Å². The molecule has 0 fully saturated rings. The largest absolute Gasteiger partial charge is 0.492 e. The van der Waals surface area contributed by atoms with Crippen LogP contribution < -0.4 is 4.74 Å². The van der Waals surface area contributed by atoms with E-state index in [1.165, 1.54) is 0 Å². The zero-order chi connectivity index (χ0) is 13.8. The second-order valence-corrected chi connectivity index (χ2v) is 4.68. The van der Waals surface area contributed by atoms with Crippen molar-refractivity contribution in [1.29, 1.82) is 0 Å². The Balaban J connectivity index is 2.02. The summed E-state index contributed by atoms with van der Waals surface area (Å²) in [5, 5.41) is 4.11. The monoisotopic (exact) mass is 258 g/mol. The second-order valence-electron chi connectivity index (χ2n) is 4.68. The van der Waals surface area contributed by atoms with E-state index in [0.717, 1.165) is 17.5 Å². The van der Waals surface area contributed by atoms with Crippen LogP contribution >= 0.6 is 0 Å². The van der Waals surface area contributed by atoms with Gasteiger partial charge in [-0.15, -0.1) is 0 Å². The quantitative estimate of drug-likeness (QED) is 0.774. The summed E-state index contributed by atoms with van der Waals surface area (Å²) in [6.45, 7) is 4.08. The molecule has 0 spiro atoms. The number of ether oxygens (including phenoxy) is 1. The third kappa shape index (κ3) is 3.44. The van der Waals surface area contributed by atoms with Crippen LogP contribution in [0.5, 0.6) is 5.75 Å². The Morgan fingerprint density at radius 2 is 2.21 bits per heavy atom. The predicted molar refractivity (Wildman–Crippen MR) is 73.6 cm³/mol. The molecule has 19 heavy (non-hydrogen) atoms. The molecule has 0 amide bonds. The average Bonchev–Trinajstić information content (AvgIpc) is 2.75. The van der Waals surface area contributed by atoms with Crippen molar-refractivity contribution >= 4 is 5.78 Å². The Hall–Kier alpha value is -2.10. The van der Waals surface area contributed by atoms with Gasteiger partial charge in [0.2, 0.25) is 0 Å². The van der Waals surface area contributed by atoms with Gasteiger partial charge in [-0.05, 0) is 37.1 Å². The van der Waals surface area contributed by atoms with Crippen LogP contribution in [0.2, 0.25) is 0 Å². The molecule has 0 saturated carbocycles. The van der Waals surface area contributed by atoms with E-state index in [2.05, 4.69) is 5.10 Å². The van der Waals surface area contributed by atoms with Gasteiger partial charge in [-0.1, -0.05) is 6.07 Å². The summed E-state index contributed by atoms with van der Waals surface area (Å²) in [5.74, 6) is 0.688. The Morgan fingerprint density at radius 3 is 2.84 bits per heavy atom. The molecule has 0 saturated heterocycles. The highest BCUT2D eigenvalue weighted by Crippen LogP contribution is 2.21. The molecule has 0 bridgehead atoms. The maximum Gasteiger partial charge on any atom is 0.163 e. The summed E-state index contributed by atoms with van der Waals surface area (Å²) in [6.07, 6.45) is 4.57. The van der Waals surface area contributed by atoms with Crippen molar-refractivity contribution in [2.24, 2.45) is 7.05 Å². The molecule has 4 heteroatoms. The van der Waals surface area contributed by atoms with E-state index in [9.17, 15) is 4.79 Å². The SMILES string of the molecule is CC(=O)c1ccc(C)cc1OCCc1cnn(C)c1. The summed E-state index contributed by atoms with van der Waals surface area (Å²) < 4.78 is 7.50. The number of benzene rings is 1. The minimum absolute atomic E-state index is 0.0244. The number of carbonyl (C=O) groups excluding carboxylic acids is 1. The number of rotatable bonds is 5. The van der Waals surface area contributed by atoms with Crippen LogP contribution in [0.25, 0.3) is 0 Å². The minimum Gasteiger partial charge on any atom is -0.492 e. The number of ketones is 1. The van der Waals surface area contributed by atoms with Crippen LogP contribution in [0.4, 0.5) is 0 Å². The van der Waals surface area contributed by atoms with Crippen molar-refractivity contribution in [2.75, 3.05) is 6.61 Å². The summed E-state index contributed by atoms with van der Waals surface area (Å²) in [7, 11) is 1.89. The van der Waals surface area contributed by atoms with Crippen molar-refractivity contribution < 1.29 is 9.53 Å². The average molecular weight is 258 g/mol. The minimum atomic E-state index is 0.0244. The van der Waals surface area contributed by atoms with E-state index in [0.29, 0.717) is 17.9 Å². The lowest BCUT2D eigenvalue weighted by Crippen LogP contribution is -2.05. The standard InChI is InChI=1S/C15H18N2O2/c1-11-4-5-14(12(2)18)15(8-11)19-7-6-13-9-16-17(3)10-13/h4-5,8-10H,6-7H2,1-3H3. The molecule has 0 aliphatic rings. The molecule has 100 valence electrons. The van der Waals surface area contributed by atoms with Crippen LogP contribution in [0.3, 0.4) is 0 Å². The zero-order valence-electron chi connectivity index (χ0n) is 11.5. The first kappa shape index (κ1) is 13.3. The molecule has 0 N–H and O–H groups in total. The first-order valence-corrected chi connectivity index (χ1v) is 6.28. The van der Waals surface area contributed by atoms with Crippen molar-refractivity contribution in [1.82, 2.24) is 9.78 Å². The van der Waals surface area contributed by atoms with Crippen molar-refractivity contribution in [3.05, 3.63) is 47.3 Å². The van der Waals surface area contributed by atoms with Crippen molar-refractivity contribution in [2.45, 2.75) is 20.3 Å². The van der Waals surface area contributed by atoms with E-state index in [4.69, 9.17) is 4.74 Å². The van der Waals surface area contributed by atoms with Gasteiger partial charge in [0, 0.05) is 19.7 Å². The highest BCUT2D eigenvalue weighted by Gasteiger charge is 2.08. The highest BCUT2D eigenvalue weighted by atomic mass is 16.5. The van der Waals surface area contributed by atoms with Gasteiger partial charge in [-0.25, -0.2) is 0 Å². The molecule has 0 unspecified atom stereocenters. The summed E-state index contributed by atoms with van der Waals surface area (Å²) in [6, 6.07) is 5.64. The van der Waals surface area contributed by atoms with Gasteiger partial charge in [0.05, 0.1) is 18.4 Å². The summed E-state index contributed by atoms with van der Waals surface area (Å²) in [5.41, 5.74) is 2.85. The molecular weight excluding hydrogens is 240 g/mol. The number of aryl methyl sites for hydroxylation is 2. The molecule has 2 rings (SSSR count). The maximum atomic E-state index is 11.5. The Bertz CT molecular complexity index is 588. The number of carbonyl (C=O) groups is 1. The van der Waals surface area contributed by atoms with Crippen LogP contribution in [0.1, 0.15) is 28.4 Å². The Kier molecular flexibility index (Phi) is 4.00. The van der Waals surface area contributed by atoms with E-state index in [-0.39, 0.29) is 5.78 Å². The number of hydrogen-bond donors (Lipinski definition) is 0. The summed E-state index contributed by atoms with van der Waals surface area (Å²) in [4.78, 5) is 11.5. The first-order valence-electron chi connectivity index (χ1n) is 6.28. The Labute approximate surface area is 113 Å². The number of nitrogens with zero attached hydrogens (tertiary/aromatic N) is 2. The molecule has 0 radical (unpaired) electrons. The molecule has 4 nitrogen and oxygen atoms in total. The summed E-state index contributed by atoms with van der Waals surface area (Å²) >= 11 is 0. The molecule has 0 aliphatic carbocycles. The number of hydrogen-bond acceptors (Lipinski definition) is 3. The number of Topliss-reactive ketones (excluding diaryl/α,β-unsaturated/α-hetero) is 1. The fraction of sp³-hybridized carbons (Fsp3) is 0.333. The Morgan fingerprint density at radius 1 is 1.42 bits per heavy atom. The molecule has 1 heterocycles. The van der Waals surface area contributed by atoms with Gasteiger partial charge in [-0.3, -0.25) is 9.48 Å². The molecule has 1 aromatic carbocycles. The van der Waals surface area contributed by atoms with E-state index in [1.807, 2.05) is 44.6 Å². The van der Waals surface area contributed by atoms with E-state index >= 15 is 0 Å². The smallest absolute Gasteiger partial charge is 0.163 e. The van der Waals surface area contributed by atoms with Gasteiger partial charge in [0.15, 0.2) is 5.78 Å². The van der Waals surface area contributed by atoms with Crippen LogP contribution in [0, 0.1) is 6.92 Å². The third-order valence-corrected chi connectivity index (χ3v) is 2.92.